The second-order valence-corrected chi connectivity index (χ2v) is 5.20. The number of anilines is 1. The van der Waals surface area contributed by atoms with Crippen LogP contribution in [0.25, 0.3) is 0 Å². The molecule has 0 aliphatic carbocycles. The quantitative estimate of drug-likeness (QED) is 0.638. The molecule has 0 amide bonds. The van der Waals surface area contributed by atoms with Crippen molar-refractivity contribution in [1.82, 2.24) is 4.90 Å². The summed E-state index contributed by atoms with van der Waals surface area (Å²) < 4.78 is 0. The van der Waals surface area contributed by atoms with Gasteiger partial charge in [0.1, 0.15) is 0 Å². The lowest BCUT2D eigenvalue weighted by Gasteiger charge is -2.20. The van der Waals surface area contributed by atoms with E-state index in [2.05, 4.69) is 4.90 Å². The van der Waals surface area contributed by atoms with Crippen LogP contribution in [0.15, 0.2) is 12.1 Å². The van der Waals surface area contributed by atoms with E-state index in [9.17, 15) is 0 Å². The molecule has 1 rings (SSSR count). The van der Waals surface area contributed by atoms with E-state index in [0.717, 1.165) is 18.7 Å². The zero-order valence-electron chi connectivity index (χ0n) is 9.23. The Labute approximate surface area is 122 Å². The van der Waals surface area contributed by atoms with Crippen LogP contribution in [-0.4, -0.2) is 29.7 Å². The SMILES string of the molecule is Nc1c(Cl)cc(CN(CCCl)CCCl)cc1Cl. The summed E-state index contributed by atoms with van der Waals surface area (Å²) in [5.41, 5.74) is 7.10. The fourth-order valence-electron chi connectivity index (χ4n) is 1.50. The normalized spacial score (nSPS) is 11.1. The first-order valence-electron chi connectivity index (χ1n) is 5.16. The Morgan fingerprint density at radius 3 is 1.88 bits per heavy atom. The molecule has 0 saturated carbocycles. The molecule has 2 N–H and O–H groups in total. The van der Waals surface area contributed by atoms with Crippen molar-refractivity contribution in [2.75, 3.05) is 30.6 Å². The third kappa shape index (κ3) is 4.72. The molecule has 0 radical (unpaired) electrons. The van der Waals surface area contributed by atoms with E-state index >= 15 is 0 Å². The van der Waals surface area contributed by atoms with Gasteiger partial charge in [-0.05, 0) is 17.7 Å². The highest BCUT2D eigenvalue weighted by Gasteiger charge is 2.09. The third-order valence-corrected chi connectivity index (χ3v) is 3.31. The van der Waals surface area contributed by atoms with Crippen molar-refractivity contribution in [2.45, 2.75) is 6.54 Å². The minimum Gasteiger partial charge on any atom is -0.396 e. The molecular weight excluding hydrogens is 302 g/mol. The summed E-state index contributed by atoms with van der Waals surface area (Å²) in [6.07, 6.45) is 0. The number of hydrogen-bond acceptors (Lipinski definition) is 2. The van der Waals surface area contributed by atoms with Crippen molar-refractivity contribution in [3.63, 3.8) is 0 Å². The van der Waals surface area contributed by atoms with Gasteiger partial charge in [-0.15, -0.1) is 23.2 Å². The number of nitrogen functional groups attached to an aromatic ring is 1. The molecule has 1 aromatic rings. The standard InChI is InChI=1S/C11H14Cl4N2/c12-1-3-17(4-2-13)7-8-5-9(14)11(16)10(15)6-8/h5-6H,1-4,7,16H2. The Morgan fingerprint density at radius 1 is 1.00 bits per heavy atom. The van der Waals surface area contributed by atoms with Gasteiger partial charge in [-0.25, -0.2) is 0 Å². The predicted molar refractivity (Wildman–Crippen MR) is 77.6 cm³/mol. The van der Waals surface area contributed by atoms with Crippen LogP contribution in [0, 0.1) is 0 Å². The van der Waals surface area contributed by atoms with Crippen molar-refractivity contribution >= 4 is 52.1 Å². The molecule has 17 heavy (non-hydrogen) atoms. The van der Waals surface area contributed by atoms with Crippen LogP contribution in [0.2, 0.25) is 10.0 Å². The molecule has 0 spiro atoms. The highest BCUT2D eigenvalue weighted by molar-refractivity contribution is 6.38. The van der Waals surface area contributed by atoms with Gasteiger partial charge in [0.15, 0.2) is 0 Å². The van der Waals surface area contributed by atoms with Crippen LogP contribution in [0.3, 0.4) is 0 Å². The monoisotopic (exact) mass is 314 g/mol. The zero-order valence-corrected chi connectivity index (χ0v) is 12.3. The van der Waals surface area contributed by atoms with E-state index in [4.69, 9.17) is 52.1 Å². The van der Waals surface area contributed by atoms with E-state index in [0.29, 0.717) is 34.0 Å². The van der Waals surface area contributed by atoms with Gasteiger partial charge in [-0.1, -0.05) is 23.2 Å². The molecule has 0 bridgehead atoms. The van der Waals surface area contributed by atoms with E-state index in [1.54, 1.807) is 0 Å². The fraction of sp³-hybridized carbons (Fsp3) is 0.455. The summed E-state index contributed by atoms with van der Waals surface area (Å²) in [7, 11) is 0. The lowest BCUT2D eigenvalue weighted by atomic mass is 10.2. The van der Waals surface area contributed by atoms with Gasteiger partial charge < -0.3 is 5.73 Å². The number of nitrogens with two attached hydrogens (primary N) is 1. The second-order valence-electron chi connectivity index (χ2n) is 3.63. The van der Waals surface area contributed by atoms with E-state index in [1.807, 2.05) is 12.1 Å². The summed E-state index contributed by atoms with van der Waals surface area (Å²) >= 11 is 23.4. The first-order valence-corrected chi connectivity index (χ1v) is 6.98. The highest BCUT2D eigenvalue weighted by atomic mass is 35.5. The van der Waals surface area contributed by atoms with Gasteiger partial charge in [0.05, 0.1) is 15.7 Å². The number of benzene rings is 1. The highest BCUT2D eigenvalue weighted by Crippen LogP contribution is 2.29. The molecule has 0 aliphatic rings. The van der Waals surface area contributed by atoms with E-state index < -0.39 is 0 Å². The number of rotatable bonds is 6. The minimum absolute atomic E-state index is 0.415. The van der Waals surface area contributed by atoms with Gasteiger partial charge in [0.25, 0.3) is 0 Å². The Bertz CT molecular complexity index is 341. The van der Waals surface area contributed by atoms with Gasteiger partial charge in [0.2, 0.25) is 0 Å². The van der Waals surface area contributed by atoms with Crippen LogP contribution in [0.5, 0.6) is 0 Å². The van der Waals surface area contributed by atoms with Crippen molar-refractivity contribution in [2.24, 2.45) is 0 Å². The van der Waals surface area contributed by atoms with Gasteiger partial charge in [0, 0.05) is 31.4 Å². The molecule has 0 heterocycles. The van der Waals surface area contributed by atoms with Crippen molar-refractivity contribution < 1.29 is 0 Å². The van der Waals surface area contributed by atoms with Crippen LogP contribution in [0.4, 0.5) is 5.69 Å². The van der Waals surface area contributed by atoms with E-state index in [1.165, 1.54) is 0 Å². The Balaban J connectivity index is 2.78. The topological polar surface area (TPSA) is 29.3 Å². The lowest BCUT2D eigenvalue weighted by Crippen LogP contribution is -2.27. The molecule has 0 fully saturated rings. The number of nitrogens with zero attached hydrogens (tertiary/aromatic N) is 1. The van der Waals surface area contributed by atoms with Crippen LogP contribution in [-0.2, 0) is 6.54 Å². The Morgan fingerprint density at radius 2 is 1.47 bits per heavy atom. The summed E-state index contributed by atoms with van der Waals surface area (Å²) in [6, 6.07) is 3.64. The molecule has 0 unspecified atom stereocenters. The molecule has 0 atom stereocenters. The molecule has 0 aliphatic heterocycles. The molecule has 1 aromatic carbocycles. The number of halogens is 4. The molecule has 0 aromatic heterocycles. The summed E-state index contributed by atoms with van der Waals surface area (Å²) in [4.78, 5) is 2.14. The Hall–Kier alpha value is 0.140. The van der Waals surface area contributed by atoms with Crippen LogP contribution in [0.1, 0.15) is 5.56 Å². The maximum absolute atomic E-state index is 5.98. The Kier molecular flexibility index (Phi) is 6.75. The predicted octanol–water partition coefficient (Wildman–Crippen LogP) is 3.86. The summed E-state index contributed by atoms with van der Waals surface area (Å²) in [6.45, 7) is 2.25. The van der Waals surface area contributed by atoms with Crippen molar-refractivity contribution in [3.8, 4) is 0 Å². The second kappa shape index (κ2) is 7.55. The average molecular weight is 316 g/mol. The molecule has 0 saturated heterocycles. The van der Waals surface area contributed by atoms with Gasteiger partial charge >= 0.3 is 0 Å². The molecule has 6 heteroatoms. The van der Waals surface area contributed by atoms with Gasteiger partial charge in [-0.2, -0.15) is 0 Å². The smallest absolute Gasteiger partial charge is 0.0693 e. The first-order chi connectivity index (χ1) is 8.08. The number of hydrogen-bond donors (Lipinski definition) is 1. The molecular formula is C11H14Cl4N2. The zero-order chi connectivity index (χ0) is 12.8. The minimum atomic E-state index is 0.415. The molecule has 96 valence electrons. The lowest BCUT2D eigenvalue weighted by molar-refractivity contribution is 0.299. The fourth-order valence-corrected chi connectivity index (χ4v) is 2.51. The van der Waals surface area contributed by atoms with Gasteiger partial charge in [-0.3, -0.25) is 4.90 Å². The van der Waals surface area contributed by atoms with E-state index in [-0.39, 0.29) is 0 Å². The summed E-state index contributed by atoms with van der Waals surface area (Å²) in [5, 5.41) is 0.952. The maximum Gasteiger partial charge on any atom is 0.0693 e. The first kappa shape index (κ1) is 15.2. The van der Waals surface area contributed by atoms with Crippen molar-refractivity contribution in [3.05, 3.63) is 27.7 Å². The third-order valence-electron chi connectivity index (χ3n) is 2.35. The largest absolute Gasteiger partial charge is 0.396 e. The average Bonchev–Trinajstić information content (AvgIpc) is 2.26. The molecule has 2 nitrogen and oxygen atoms in total. The van der Waals surface area contributed by atoms with Crippen LogP contribution < -0.4 is 5.73 Å². The number of alkyl halides is 2. The van der Waals surface area contributed by atoms with Crippen molar-refractivity contribution in [1.29, 1.82) is 0 Å². The summed E-state index contributed by atoms with van der Waals surface area (Å²) in [5.74, 6) is 1.13. The van der Waals surface area contributed by atoms with Crippen LogP contribution >= 0.6 is 46.4 Å². The maximum atomic E-state index is 5.98.